The van der Waals surface area contributed by atoms with Crippen LogP contribution in [0.5, 0.6) is 11.5 Å². The number of carbonyl (C=O) groups excluding carboxylic acids is 1. The zero-order valence-electron chi connectivity index (χ0n) is 16.5. The molecule has 1 aliphatic rings. The molecule has 2 rings (SSSR count). The molecule has 0 amide bonds. The van der Waals surface area contributed by atoms with Gasteiger partial charge in [-0.2, -0.15) is 0 Å². The molecule has 0 aromatic heterocycles. The molecule has 0 N–H and O–H groups in total. The molecule has 0 fully saturated rings. The second kappa shape index (κ2) is 8.73. The van der Waals surface area contributed by atoms with E-state index in [1.165, 1.54) is 13.2 Å². The van der Waals surface area contributed by atoms with E-state index >= 15 is 0 Å². The standard InChI is InChI=1S/C22H26O5/c1-7-8-17-14-22(27-6,21(26-5)13-18(17)23)15(2)11-16-9-10-19(24-3)20(12-16)25-4/h7,9-14H,1,8H2,2-6H3/b15-11+/t22-/m1/s1. The summed E-state index contributed by atoms with van der Waals surface area (Å²) >= 11 is 0. The average molecular weight is 370 g/mol. The Kier molecular flexibility index (Phi) is 6.64. The summed E-state index contributed by atoms with van der Waals surface area (Å²) in [7, 11) is 6.32. The number of allylic oxidation sites excluding steroid dienone is 3. The van der Waals surface area contributed by atoms with Gasteiger partial charge >= 0.3 is 0 Å². The van der Waals surface area contributed by atoms with E-state index in [0.29, 0.717) is 29.3 Å². The number of benzene rings is 1. The van der Waals surface area contributed by atoms with E-state index in [9.17, 15) is 4.79 Å². The summed E-state index contributed by atoms with van der Waals surface area (Å²) in [6, 6.07) is 5.64. The molecular formula is C22H26O5. The molecule has 0 heterocycles. The molecule has 27 heavy (non-hydrogen) atoms. The highest BCUT2D eigenvalue weighted by Crippen LogP contribution is 2.38. The van der Waals surface area contributed by atoms with Gasteiger partial charge < -0.3 is 18.9 Å². The van der Waals surface area contributed by atoms with E-state index in [1.807, 2.05) is 37.3 Å². The lowest BCUT2D eigenvalue weighted by atomic mass is 9.82. The first kappa shape index (κ1) is 20.5. The molecule has 5 heteroatoms. The number of carbonyl (C=O) groups is 1. The van der Waals surface area contributed by atoms with Crippen LogP contribution in [0.3, 0.4) is 0 Å². The van der Waals surface area contributed by atoms with Gasteiger partial charge in [-0.05, 0) is 42.7 Å². The minimum atomic E-state index is -0.964. The lowest BCUT2D eigenvalue weighted by molar-refractivity contribution is -0.112. The number of rotatable bonds is 8. The van der Waals surface area contributed by atoms with Crippen molar-refractivity contribution < 1.29 is 23.7 Å². The predicted octanol–water partition coefficient (Wildman–Crippen LogP) is 4.11. The van der Waals surface area contributed by atoms with Gasteiger partial charge in [0.2, 0.25) is 0 Å². The average Bonchev–Trinajstić information content (AvgIpc) is 2.69. The van der Waals surface area contributed by atoms with Crippen LogP contribution in [0.15, 0.2) is 59.9 Å². The van der Waals surface area contributed by atoms with E-state index < -0.39 is 5.60 Å². The Morgan fingerprint density at radius 2 is 1.81 bits per heavy atom. The number of ketones is 1. The van der Waals surface area contributed by atoms with Crippen LogP contribution in [0.25, 0.3) is 6.08 Å². The zero-order chi connectivity index (χ0) is 20.0. The molecule has 0 saturated carbocycles. The number of ether oxygens (including phenoxy) is 4. The van der Waals surface area contributed by atoms with E-state index in [4.69, 9.17) is 18.9 Å². The summed E-state index contributed by atoms with van der Waals surface area (Å²) in [5.41, 5.74) is 1.42. The van der Waals surface area contributed by atoms with Crippen LogP contribution in [0, 0.1) is 0 Å². The fourth-order valence-electron chi connectivity index (χ4n) is 3.16. The highest BCUT2D eigenvalue weighted by Gasteiger charge is 2.40. The molecule has 1 atom stereocenters. The highest BCUT2D eigenvalue weighted by molar-refractivity contribution is 6.06. The summed E-state index contributed by atoms with van der Waals surface area (Å²) in [4.78, 5) is 12.3. The summed E-state index contributed by atoms with van der Waals surface area (Å²) in [5.74, 6) is 1.63. The van der Waals surface area contributed by atoms with Crippen molar-refractivity contribution in [1.29, 1.82) is 0 Å². The van der Waals surface area contributed by atoms with Gasteiger partial charge in [0.1, 0.15) is 5.76 Å². The van der Waals surface area contributed by atoms with Crippen molar-refractivity contribution in [3.63, 3.8) is 0 Å². The predicted molar refractivity (Wildman–Crippen MR) is 106 cm³/mol. The molecule has 0 spiro atoms. The maximum atomic E-state index is 12.3. The van der Waals surface area contributed by atoms with Gasteiger partial charge in [-0.25, -0.2) is 0 Å². The van der Waals surface area contributed by atoms with Crippen LogP contribution in [-0.4, -0.2) is 39.8 Å². The van der Waals surface area contributed by atoms with E-state index in [-0.39, 0.29) is 5.78 Å². The SMILES string of the molecule is C=CCC1=C[C@@](OC)(/C(C)=C/c2ccc(OC)c(OC)c2)C(OC)=CC1=O. The van der Waals surface area contributed by atoms with Crippen LogP contribution < -0.4 is 9.47 Å². The molecule has 1 aromatic rings. The van der Waals surface area contributed by atoms with Gasteiger partial charge in [0.25, 0.3) is 0 Å². The van der Waals surface area contributed by atoms with Crippen molar-refractivity contribution in [3.05, 3.63) is 65.5 Å². The second-order valence-corrected chi connectivity index (χ2v) is 6.12. The van der Waals surface area contributed by atoms with Crippen molar-refractivity contribution >= 4 is 11.9 Å². The second-order valence-electron chi connectivity index (χ2n) is 6.12. The monoisotopic (exact) mass is 370 g/mol. The number of hydrogen-bond acceptors (Lipinski definition) is 5. The normalized spacial score (nSPS) is 19.9. The topological polar surface area (TPSA) is 54.0 Å². The van der Waals surface area contributed by atoms with Crippen molar-refractivity contribution in [2.45, 2.75) is 18.9 Å². The Bertz CT molecular complexity index is 816. The van der Waals surface area contributed by atoms with Crippen LogP contribution in [0.4, 0.5) is 0 Å². The first-order valence-corrected chi connectivity index (χ1v) is 8.54. The van der Waals surface area contributed by atoms with Gasteiger partial charge in [0.05, 0.1) is 21.3 Å². The smallest absolute Gasteiger partial charge is 0.185 e. The van der Waals surface area contributed by atoms with Crippen molar-refractivity contribution in [2.24, 2.45) is 0 Å². The summed E-state index contributed by atoms with van der Waals surface area (Å²) < 4.78 is 22.0. The Hall–Kier alpha value is -2.79. The molecule has 1 aliphatic carbocycles. The first-order chi connectivity index (χ1) is 12.9. The van der Waals surface area contributed by atoms with Gasteiger partial charge in [0.15, 0.2) is 22.9 Å². The Morgan fingerprint density at radius 1 is 1.11 bits per heavy atom. The molecule has 0 bridgehead atoms. The molecule has 0 radical (unpaired) electrons. The quantitative estimate of drug-likeness (QED) is 0.645. The minimum absolute atomic E-state index is 0.0988. The van der Waals surface area contributed by atoms with Crippen LogP contribution >= 0.6 is 0 Å². The lowest BCUT2D eigenvalue weighted by Gasteiger charge is -2.35. The summed E-state index contributed by atoms with van der Waals surface area (Å²) in [6.45, 7) is 5.66. The maximum Gasteiger partial charge on any atom is 0.185 e. The molecular weight excluding hydrogens is 344 g/mol. The first-order valence-electron chi connectivity index (χ1n) is 8.54. The highest BCUT2D eigenvalue weighted by atomic mass is 16.5. The fourth-order valence-corrected chi connectivity index (χ4v) is 3.16. The molecule has 5 nitrogen and oxygen atoms in total. The Balaban J connectivity index is 2.56. The van der Waals surface area contributed by atoms with Crippen LogP contribution in [0.1, 0.15) is 18.9 Å². The van der Waals surface area contributed by atoms with E-state index in [0.717, 1.165) is 11.1 Å². The largest absolute Gasteiger partial charge is 0.497 e. The van der Waals surface area contributed by atoms with E-state index in [1.54, 1.807) is 27.4 Å². The third kappa shape index (κ3) is 3.98. The molecule has 0 aliphatic heterocycles. The Morgan fingerprint density at radius 3 is 2.37 bits per heavy atom. The summed E-state index contributed by atoms with van der Waals surface area (Å²) in [6.07, 6.45) is 7.41. The van der Waals surface area contributed by atoms with E-state index in [2.05, 4.69) is 6.58 Å². The third-order valence-electron chi connectivity index (χ3n) is 4.60. The van der Waals surface area contributed by atoms with Gasteiger partial charge in [-0.15, -0.1) is 6.58 Å². The van der Waals surface area contributed by atoms with Gasteiger partial charge in [-0.1, -0.05) is 18.2 Å². The lowest BCUT2D eigenvalue weighted by Crippen LogP contribution is -2.37. The summed E-state index contributed by atoms with van der Waals surface area (Å²) in [5, 5.41) is 0. The molecule has 1 aromatic carbocycles. The van der Waals surface area contributed by atoms with Gasteiger partial charge in [0, 0.05) is 18.8 Å². The molecule has 0 unspecified atom stereocenters. The zero-order valence-corrected chi connectivity index (χ0v) is 16.5. The minimum Gasteiger partial charge on any atom is -0.497 e. The van der Waals surface area contributed by atoms with Crippen LogP contribution in [-0.2, 0) is 14.3 Å². The number of hydrogen-bond donors (Lipinski definition) is 0. The molecule has 144 valence electrons. The van der Waals surface area contributed by atoms with Gasteiger partial charge in [-0.3, -0.25) is 4.79 Å². The van der Waals surface area contributed by atoms with Crippen LogP contribution in [0.2, 0.25) is 0 Å². The molecule has 0 saturated heterocycles. The number of methoxy groups -OCH3 is 4. The fraction of sp³-hybridized carbons (Fsp3) is 0.318. The Labute approximate surface area is 160 Å². The van der Waals surface area contributed by atoms with Crippen molar-refractivity contribution in [1.82, 2.24) is 0 Å². The van der Waals surface area contributed by atoms with Crippen molar-refractivity contribution in [2.75, 3.05) is 28.4 Å². The van der Waals surface area contributed by atoms with Crippen molar-refractivity contribution in [3.8, 4) is 11.5 Å². The third-order valence-corrected chi connectivity index (χ3v) is 4.60. The maximum absolute atomic E-state index is 12.3.